The van der Waals surface area contributed by atoms with Gasteiger partial charge in [-0.25, -0.2) is 13.6 Å². The van der Waals surface area contributed by atoms with Gasteiger partial charge in [0.05, 0.1) is 12.5 Å². The zero-order valence-electron chi connectivity index (χ0n) is 16.9. The molecule has 0 bridgehead atoms. The van der Waals surface area contributed by atoms with E-state index in [9.17, 15) is 23.4 Å². The number of unbranched alkanes of at least 4 members (excludes halogenated alkanes) is 3. The number of carbonyl (C=O) groups is 2. The molecule has 29 heavy (non-hydrogen) atoms. The molecule has 2 rings (SSSR count). The fraction of sp³-hybridized carbons (Fsp3) is 0.600. The molecule has 0 saturated heterocycles. The van der Waals surface area contributed by atoms with Gasteiger partial charge in [0.15, 0.2) is 0 Å². The highest BCUT2D eigenvalue weighted by Crippen LogP contribution is 2.31. The van der Waals surface area contributed by atoms with Crippen molar-refractivity contribution in [2.75, 3.05) is 6.61 Å². The van der Waals surface area contributed by atoms with Crippen molar-refractivity contribution in [3.05, 3.63) is 29.3 Å². The summed E-state index contributed by atoms with van der Waals surface area (Å²) in [6.45, 7) is 3.16. The van der Waals surface area contributed by atoms with E-state index >= 15 is 0 Å². The fourth-order valence-electron chi connectivity index (χ4n) is 3.09. The molecule has 1 heterocycles. The van der Waals surface area contributed by atoms with Crippen molar-refractivity contribution >= 4 is 19.0 Å². The molecule has 0 aliphatic carbocycles. The van der Waals surface area contributed by atoms with E-state index in [2.05, 4.69) is 12.2 Å². The maximum atomic E-state index is 12.9. The number of hydrogen-bond acceptors (Lipinski definition) is 5. The number of nitrogens with one attached hydrogen (secondary N) is 1. The second-order valence-corrected chi connectivity index (χ2v) is 7.45. The normalized spacial score (nSPS) is 16.0. The third-order valence-electron chi connectivity index (χ3n) is 4.71. The molecule has 2 N–H and O–H groups in total. The molecule has 160 valence electrons. The van der Waals surface area contributed by atoms with Gasteiger partial charge in [-0.05, 0) is 31.4 Å². The average Bonchev–Trinajstić information content (AvgIpc) is 2.65. The first-order valence-corrected chi connectivity index (χ1v) is 10.0. The number of halogens is 2. The van der Waals surface area contributed by atoms with Crippen molar-refractivity contribution in [3.63, 3.8) is 0 Å². The summed E-state index contributed by atoms with van der Waals surface area (Å²) in [5, 5.41) is 12.8. The Bertz CT molecular complexity index is 711. The number of alkyl halides is 2. The summed E-state index contributed by atoms with van der Waals surface area (Å²) >= 11 is 0. The molecule has 0 radical (unpaired) electrons. The van der Waals surface area contributed by atoms with Crippen LogP contribution in [0.5, 0.6) is 5.75 Å². The van der Waals surface area contributed by atoms with Gasteiger partial charge in [0.25, 0.3) is 0 Å². The Morgan fingerprint density at radius 2 is 2.10 bits per heavy atom. The Hall–Kier alpha value is -2.16. The zero-order valence-corrected chi connectivity index (χ0v) is 16.9. The molecular formula is C20H28BF2NO5. The highest BCUT2D eigenvalue weighted by molar-refractivity contribution is 6.47. The third-order valence-corrected chi connectivity index (χ3v) is 4.71. The van der Waals surface area contributed by atoms with Crippen LogP contribution < -0.4 is 9.97 Å². The van der Waals surface area contributed by atoms with E-state index in [1.165, 1.54) is 0 Å². The minimum absolute atomic E-state index is 0.211. The SMILES string of the molecule is CCCCCCOC(=O)c1cccc2c1OB(O)[C@@H](NC(=O)CCC(C)(F)F)C2. The topological polar surface area (TPSA) is 84.9 Å². The Kier molecular flexibility index (Phi) is 8.43. The van der Waals surface area contributed by atoms with Crippen molar-refractivity contribution in [2.45, 2.75) is 70.7 Å². The number of benzene rings is 1. The summed E-state index contributed by atoms with van der Waals surface area (Å²) in [5.41, 5.74) is 0.842. The van der Waals surface area contributed by atoms with Gasteiger partial charge in [0.2, 0.25) is 11.8 Å². The molecule has 9 heteroatoms. The second kappa shape index (κ2) is 10.6. The molecule has 0 fully saturated rings. The first-order chi connectivity index (χ1) is 13.7. The van der Waals surface area contributed by atoms with Gasteiger partial charge < -0.3 is 19.7 Å². The van der Waals surface area contributed by atoms with Crippen molar-refractivity contribution in [2.24, 2.45) is 0 Å². The summed E-state index contributed by atoms with van der Waals surface area (Å²) in [6, 6.07) is 4.95. The van der Waals surface area contributed by atoms with Crippen LogP contribution in [0.15, 0.2) is 18.2 Å². The lowest BCUT2D eigenvalue weighted by atomic mass is 9.72. The number of amides is 1. The molecule has 0 unspecified atom stereocenters. The molecular weight excluding hydrogens is 383 g/mol. The smallest absolute Gasteiger partial charge is 0.534 e. The van der Waals surface area contributed by atoms with Crippen LogP contribution in [0, 0.1) is 0 Å². The van der Waals surface area contributed by atoms with Crippen molar-refractivity contribution in [1.82, 2.24) is 5.32 Å². The monoisotopic (exact) mass is 411 g/mol. The molecule has 1 aliphatic rings. The van der Waals surface area contributed by atoms with Crippen LogP contribution in [-0.4, -0.2) is 42.5 Å². The number of carbonyl (C=O) groups excluding carboxylic acids is 2. The minimum Gasteiger partial charge on any atom is -0.534 e. The molecule has 6 nitrogen and oxygen atoms in total. The van der Waals surface area contributed by atoms with Crippen LogP contribution in [-0.2, 0) is 16.0 Å². The lowest BCUT2D eigenvalue weighted by molar-refractivity contribution is -0.123. The van der Waals surface area contributed by atoms with E-state index in [0.29, 0.717) is 12.2 Å². The molecule has 1 aromatic carbocycles. The van der Waals surface area contributed by atoms with Crippen LogP contribution in [0.25, 0.3) is 0 Å². The number of para-hydroxylation sites is 1. The Morgan fingerprint density at radius 3 is 2.79 bits per heavy atom. The summed E-state index contributed by atoms with van der Waals surface area (Å²) in [4.78, 5) is 24.3. The van der Waals surface area contributed by atoms with Gasteiger partial charge in [-0.2, -0.15) is 0 Å². The van der Waals surface area contributed by atoms with Crippen molar-refractivity contribution in [1.29, 1.82) is 0 Å². The molecule has 0 spiro atoms. The van der Waals surface area contributed by atoms with E-state index in [0.717, 1.165) is 32.6 Å². The zero-order chi connectivity index (χ0) is 21.4. The van der Waals surface area contributed by atoms with Crippen molar-refractivity contribution in [3.8, 4) is 5.75 Å². The lowest BCUT2D eigenvalue weighted by Gasteiger charge is -2.29. The number of rotatable bonds is 10. The van der Waals surface area contributed by atoms with Crippen LogP contribution >= 0.6 is 0 Å². The van der Waals surface area contributed by atoms with Gasteiger partial charge in [-0.3, -0.25) is 4.79 Å². The van der Waals surface area contributed by atoms with Crippen LogP contribution in [0.2, 0.25) is 0 Å². The quantitative estimate of drug-likeness (QED) is 0.351. The van der Waals surface area contributed by atoms with Crippen LogP contribution in [0.1, 0.15) is 68.3 Å². The maximum Gasteiger partial charge on any atom is 0.547 e. The average molecular weight is 411 g/mol. The number of fused-ring (bicyclic) bond motifs is 1. The van der Waals surface area contributed by atoms with E-state index < -0.39 is 37.3 Å². The molecule has 1 atom stereocenters. The third kappa shape index (κ3) is 7.31. The predicted octanol–water partition coefficient (Wildman–Crippen LogP) is 3.30. The second-order valence-electron chi connectivity index (χ2n) is 7.45. The standard InChI is InChI=1S/C20H28BF2NO5/c1-3-4-5-6-12-28-19(26)15-9-7-8-14-13-16(21(27)29-18(14)15)24-17(25)10-11-20(2,22)23/h7-9,16,27H,3-6,10-13H2,1-2H3,(H,24,25)/t16-/m0/s1. The van der Waals surface area contributed by atoms with E-state index in [1.54, 1.807) is 18.2 Å². The Labute approximate surface area is 170 Å². The minimum atomic E-state index is -2.93. The van der Waals surface area contributed by atoms with E-state index in [4.69, 9.17) is 9.39 Å². The predicted molar refractivity (Wildman–Crippen MR) is 105 cm³/mol. The summed E-state index contributed by atoms with van der Waals surface area (Å²) in [7, 11) is -1.40. The van der Waals surface area contributed by atoms with Crippen LogP contribution in [0.4, 0.5) is 8.78 Å². The first kappa shape index (κ1) is 23.1. The van der Waals surface area contributed by atoms with Gasteiger partial charge in [0, 0.05) is 12.8 Å². The highest BCUT2D eigenvalue weighted by Gasteiger charge is 2.38. The number of hydrogen-bond donors (Lipinski definition) is 2. The van der Waals surface area contributed by atoms with Gasteiger partial charge in [0.1, 0.15) is 11.3 Å². The maximum absolute atomic E-state index is 12.9. The van der Waals surface area contributed by atoms with E-state index in [-0.39, 0.29) is 24.2 Å². The van der Waals surface area contributed by atoms with Gasteiger partial charge in [-0.15, -0.1) is 0 Å². The van der Waals surface area contributed by atoms with Crippen molar-refractivity contribution < 1.29 is 32.8 Å². The van der Waals surface area contributed by atoms with Gasteiger partial charge in [-0.1, -0.05) is 38.3 Å². The first-order valence-electron chi connectivity index (χ1n) is 10.0. The Balaban J connectivity index is 1.97. The van der Waals surface area contributed by atoms with Crippen LogP contribution in [0.3, 0.4) is 0 Å². The highest BCUT2D eigenvalue weighted by atomic mass is 19.3. The molecule has 0 saturated carbocycles. The number of esters is 1. The summed E-state index contributed by atoms with van der Waals surface area (Å²) < 4.78 is 36.6. The molecule has 1 aromatic rings. The fourth-order valence-corrected chi connectivity index (χ4v) is 3.09. The summed E-state index contributed by atoms with van der Waals surface area (Å²) in [6.07, 6.45) is 3.21. The van der Waals surface area contributed by atoms with E-state index in [1.807, 2.05) is 0 Å². The Morgan fingerprint density at radius 1 is 1.34 bits per heavy atom. The molecule has 0 aromatic heterocycles. The molecule has 1 amide bonds. The van der Waals surface area contributed by atoms with Gasteiger partial charge >= 0.3 is 13.1 Å². The number of ether oxygens (including phenoxy) is 1. The largest absolute Gasteiger partial charge is 0.547 e. The molecule has 1 aliphatic heterocycles. The summed E-state index contributed by atoms with van der Waals surface area (Å²) in [5.74, 6) is -4.62. The lowest BCUT2D eigenvalue weighted by Crippen LogP contribution is -2.53.